The highest BCUT2D eigenvalue weighted by Gasteiger charge is 2.12. The number of nitrogens with two attached hydrogens (primary N) is 1. The zero-order valence-electron chi connectivity index (χ0n) is 14.5. The standard InChI is InChI=1S/C19H22FN3O2.ClH/c1-2-3-17(21)19(25)23-16-10-6-14(7-11-16)18(24)22-12-13-4-8-15(20)9-5-13;/h4-11,17H,2-3,12,21H2,1H3,(H,22,24)(H,23,25);1H. The monoisotopic (exact) mass is 379 g/mol. The van der Waals surface area contributed by atoms with E-state index >= 15 is 0 Å². The fraction of sp³-hybridized carbons (Fsp3) is 0.263. The normalized spacial score (nSPS) is 11.2. The quantitative estimate of drug-likeness (QED) is 0.690. The van der Waals surface area contributed by atoms with Crippen LogP contribution in [0.2, 0.25) is 0 Å². The van der Waals surface area contributed by atoms with E-state index in [2.05, 4.69) is 10.6 Å². The minimum atomic E-state index is -0.538. The SMILES string of the molecule is CCCC(N)C(=O)Nc1ccc(C(=O)NCc2ccc(F)cc2)cc1.Cl. The van der Waals surface area contributed by atoms with E-state index < -0.39 is 6.04 Å². The van der Waals surface area contributed by atoms with Crippen LogP contribution in [0.1, 0.15) is 35.7 Å². The summed E-state index contributed by atoms with van der Waals surface area (Å²) in [5, 5.41) is 5.49. The van der Waals surface area contributed by atoms with Crippen LogP contribution < -0.4 is 16.4 Å². The molecule has 0 aliphatic heterocycles. The first kappa shape index (κ1) is 21.6. The second kappa shape index (κ2) is 10.5. The number of anilines is 1. The number of rotatable bonds is 7. The van der Waals surface area contributed by atoms with E-state index in [0.717, 1.165) is 12.0 Å². The van der Waals surface area contributed by atoms with Gasteiger partial charge in [-0.2, -0.15) is 0 Å². The van der Waals surface area contributed by atoms with E-state index in [9.17, 15) is 14.0 Å². The Hall–Kier alpha value is -2.44. The van der Waals surface area contributed by atoms with Gasteiger partial charge in [-0.25, -0.2) is 4.39 Å². The third kappa shape index (κ3) is 6.46. The number of amides is 2. The van der Waals surface area contributed by atoms with Gasteiger partial charge in [-0.3, -0.25) is 9.59 Å². The highest BCUT2D eigenvalue weighted by atomic mass is 35.5. The van der Waals surface area contributed by atoms with Crippen molar-refractivity contribution in [2.45, 2.75) is 32.4 Å². The summed E-state index contributed by atoms with van der Waals surface area (Å²) in [6.45, 7) is 2.27. The Labute approximate surface area is 158 Å². The van der Waals surface area contributed by atoms with Crippen molar-refractivity contribution >= 4 is 29.9 Å². The molecule has 0 aromatic heterocycles. The molecule has 0 radical (unpaired) electrons. The maximum atomic E-state index is 12.8. The van der Waals surface area contributed by atoms with E-state index in [-0.39, 0.29) is 30.0 Å². The van der Waals surface area contributed by atoms with Crippen molar-refractivity contribution in [3.63, 3.8) is 0 Å². The molecule has 5 nitrogen and oxygen atoms in total. The van der Waals surface area contributed by atoms with Gasteiger partial charge in [0.05, 0.1) is 6.04 Å². The van der Waals surface area contributed by atoms with Crippen LogP contribution in [0.3, 0.4) is 0 Å². The van der Waals surface area contributed by atoms with Crippen LogP contribution in [-0.4, -0.2) is 17.9 Å². The third-order valence-electron chi connectivity index (χ3n) is 3.72. The molecule has 2 aromatic rings. The number of benzene rings is 2. The van der Waals surface area contributed by atoms with E-state index in [0.29, 0.717) is 24.2 Å². The Bertz CT molecular complexity index is 721. The van der Waals surface area contributed by atoms with Gasteiger partial charge in [0.15, 0.2) is 0 Å². The van der Waals surface area contributed by atoms with E-state index in [4.69, 9.17) is 5.73 Å². The number of carbonyl (C=O) groups excluding carboxylic acids is 2. The number of hydrogen-bond donors (Lipinski definition) is 3. The minimum Gasteiger partial charge on any atom is -0.348 e. The number of hydrogen-bond acceptors (Lipinski definition) is 3. The predicted molar refractivity (Wildman–Crippen MR) is 103 cm³/mol. The summed E-state index contributed by atoms with van der Waals surface area (Å²) in [5.41, 5.74) is 7.63. The molecule has 0 spiro atoms. The summed E-state index contributed by atoms with van der Waals surface area (Å²) < 4.78 is 12.8. The number of halogens is 2. The average Bonchev–Trinajstić information content (AvgIpc) is 2.61. The van der Waals surface area contributed by atoms with Crippen LogP contribution in [-0.2, 0) is 11.3 Å². The van der Waals surface area contributed by atoms with E-state index in [1.54, 1.807) is 36.4 Å². The summed E-state index contributed by atoms with van der Waals surface area (Å²) in [6, 6.07) is 12.0. The lowest BCUT2D eigenvalue weighted by molar-refractivity contribution is -0.117. The lowest BCUT2D eigenvalue weighted by Crippen LogP contribution is -2.35. The van der Waals surface area contributed by atoms with Gasteiger partial charge in [-0.05, 0) is 48.4 Å². The molecular weight excluding hydrogens is 357 g/mol. The summed E-state index contributed by atoms with van der Waals surface area (Å²) in [7, 11) is 0. The number of carbonyl (C=O) groups is 2. The summed E-state index contributed by atoms with van der Waals surface area (Å²) >= 11 is 0. The van der Waals surface area contributed by atoms with Gasteiger partial charge in [0, 0.05) is 17.8 Å². The molecule has 1 unspecified atom stereocenters. The third-order valence-corrected chi connectivity index (χ3v) is 3.72. The molecule has 0 fully saturated rings. The van der Waals surface area contributed by atoms with Gasteiger partial charge >= 0.3 is 0 Å². The van der Waals surface area contributed by atoms with Crippen molar-refractivity contribution in [1.82, 2.24) is 5.32 Å². The maximum Gasteiger partial charge on any atom is 0.251 e. The molecule has 26 heavy (non-hydrogen) atoms. The highest BCUT2D eigenvalue weighted by Crippen LogP contribution is 2.11. The van der Waals surface area contributed by atoms with Crippen molar-refractivity contribution in [2.75, 3.05) is 5.32 Å². The van der Waals surface area contributed by atoms with Gasteiger partial charge < -0.3 is 16.4 Å². The van der Waals surface area contributed by atoms with Gasteiger partial charge in [0.25, 0.3) is 5.91 Å². The molecule has 2 rings (SSSR count). The zero-order chi connectivity index (χ0) is 18.2. The fourth-order valence-electron chi connectivity index (χ4n) is 2.27. The van der Waals surface area contributed by atoms with Crippen molar-refractivity contribution in [2.24, 2.45) is 5.73 Å². The Kier molecular flexibility index (Phi) is 8.75. The van der Waals surface area contributed by atoms with Gasteiger partial charge in [-0.15, -0.1) is 12.4 Å². The highest BCUT2D eigenvalue weighted by molar-refractivity contribution is 5.97. The fourth-order valence-corrected chi connectivity index (χ4v) is 2.27. The van der Waals surface area contributed by atoms with Crippen molar-refractivity contribution < 1.29 is 14.0 Å². The summed E-state index contributed by atoms with van der Waals surface area (Å²) in [5.74, 6) is -0.799. The van der Waals surface area contributed by atoms with Gasteiger partial charge in [-0.1, -0.05) is 25.5 Å². The van der Waals surface area contributed by atoms with Crippen LogP contribution >= 0.6 is 12.4 Å². The lowest BCUT2D eigenvalue weighted by Gasteiger charge is -2.11. The molecular formula is C19H23ClFN3O2. The second-order valence-corrected chi connectivity index (χ2v) is 5.77. The maximum absolute atomic E-state index is 12.8. The Morgan fingerprint density at radius 2 is 1.69 bits per heavy atom. The van der Waals surface area contributed by atoms with Gasteiger partial charge in [0.2, 0.25) is 5.91 Å². The molecule has 0 aliphatic rings. The average molecular weight is 380 g/mol. The first-order valence-electron chi connectivity index (χ1n) is 8.18. The van der Waals surface area contributed by atoms with Crippen LogP contribution in [0, 0.1) is 5.82 Å². The molecule has 1 atom stereocenters. The topological polar surface area (TPSA) is 84.2 Å². The molecule has 2 amide bonds. The molecule has 2 aromatic carbocycles. The van der Waals surface area contributed by atoms with E-state index in [1.807, 2.05) is 6.92 Å². The number of nitrogens with one attached hydrogen (secondary N) is 2. The van der Waals surface area contributed by atoms with Crippen LogP contribution in [0.4, 0.5) is 10.1 Å². The van der Waals surface area contributed by atoms with Crippen molar-refractivity contribution in [3.05, 3.63) is 65.5 Å². The predicted octanol–water partition coefficient (Wildman–Crippen LogP) is 3.24. The largest absolute Gasteiger partial charge is 0.348 e. The molecule has 7 heteroatoms. The molecule has 0 aliphatic carbocycles. The smallest absolute Gasteiger partial charge is 0.251 e. The second-order valence-electron chi connectivity index (χ2n) is 5.77. The van der Waals surface area contributed by atoms with E-state index in [1.165, 1.54) is 12.1 Å². The Morgan fingerprint density at radius 1 is 1.08 bits per heavy atom. The van der Waals surface area contributed by atoms with Crippen LogP contribution in [0.15, 0.2) is 48.5 Å². The lowest BCUT2D eigenvalue weighted by atomic mass is 10.1. The first-order chi connectivity index (χ1) is 12.0. The zero-order valence-corrected chi connectivity index (χ0v) is 15.3. The molecule has 0 heterocycles. The molecule has 0 saturated carbocycles. The van der Waals surface area contributed by atoms with Gasteiger partial charge in [0.1, 0.15) is 5.82 Å². The first-order valence-corrected chi connectivity index (χ1v) is 8.18. The van der Waals surface area contributed by atoms with Crippen LogP contribution in [0.25, 0.3) is 0 Å². The Morgan fingerprint density at radius 3 is 2.27 bits per heavy atom. The van der Waals surface area contributed by atoms with Crippen molar-refractivity contribution in [3.8, 4) is 0 Å². The Balaban J connectivity index is 0.00000338. The molecule has 140 valence electrons. The summed E-state index contributed by atoms with van der Waals surface area (Å²) in [4.78, 5) is 24.0. The van der Waals surface area contributed by atoms with Crippen molar-refractivity contribution in [1.29, 1.82) is 0 Å². The molecule has 0 saturated heterocycles. The minimum absolute atomic E-state index is 0. The van der Waals surface area contributed by atoms with Crippen LogP contribution in [0.5, 0.6) is 0 Å². The molecule has 0 bridgehead atoms. The summed E-state index contributed by atoms with van der Waals surface area (Å²) in [6.07, 6.45) is 1.46. The molecule has 4 N–H and O–H groups in total.